The number of rotatable bonds is 7. The fraction of sp³-hybridized carbons (Fsp3) is 0.0800. The van der Waals surface area contributed by atoms with Crippen LogP contribution in [0, 0.1) is 0 Å². The van der Waals surface area contributed by atoms with E-state index in [2.05, 4.69) is 20.8 Å². The summed E-state index contributed by atoms with van der Waals surface area (Å²) < 4.78 is 5.42. The van der Waals surface area contributed by atoms with Gasteiger partial charge in [0.2, 0.25) is 0 Å². The van der Waals surface area contributed by atoms with Crippen molar-refractivity contribution in [3.05, 3.63) is 96.6 Å². The lowest BCUT2D eigenvalue weighted by Crippen LogP contribution is -2.12. The number of nitrogens with zero attached hydrogens (tertiary/aromatic N) is 2. The van der Waals surface area contributed by atoms with Gasteiger partial charge in [0, 0.05) is 25.4 Å². The third-order valence-corrected chi connectivity index (χ3v) is 4.55. The molecule has 0 unspecified atom stereocenters. The van der Waals surface area contributed by atoms with Crippen LogP contribution in [0.5, 0.6) is 5.75 Å². The first kappa shape index (κ1) is 20.1. The molecule has 4 aromatic rings. The van der Waals surface area contributed by atoms with Gasteiger partial charge < -0.3 is 15.4 Å². The number of hydrogen-bond acceptors (Lipinski definition) is 5. The predicted molar refractivity (Wildman–Crippen MR) is 127 cm³/mol. The fourth-order valence-corrected chi connectivity index (χ4v) is 3.05. The Balaban J connectivity index is 0.00000193. The molecule has 0 aliphatic carbocycles. The topological polar surface area (TPSA) is 76.1 Å². The zero-order valence-electron chi connectivity index (χ0n) is 17.1. The molecule has 0 atom stereocenters. The van der Waals surface area contributed by atoms with Gasteiger partial charge in [-0.15, -0.1) is 10.2 Å². The largest absolute Gasteiger partial charge is 0.494 e. The zero-order chi connectivity index (χ0) is 21.5. The minimum absolute atomic E-state index is 0. The van der Waals surface area contributed by atoms with Gasteiger partial charge in [-0.3, -0.25) is 4.79 Å². The van der Waals surface area contributed by atoms with Crippen LogP contribution in [0.15, 0.2) is 91.0 Å². The van der Waals surface area contributed by atoms with Gasteiger partial charge in [0.25, 0.3) is 5.91 Å². The van der Waals surface area contributed by atoms with Gasteiger partial charge >= 0.3 is 0 Å². The fourth-order valence-electron chi connectivity index (χ4n) is 3.05. The van der Waals surface area contributed by atoms with Crippen molar-refractivity contribution in [2.75, 3.05) is 17.2 Å². The number of benzene rings is 3. The molecule has 0 aliphatic heterocycles. The van der Waals surface area contributed by atoms with Crippen LogP contribution in [0.1, 0.15) is 20.1 Å². The van der Waals surface area contributed by atoms with Crippen molar-refractivity contribution in [1.82, 2.24) is 10.2 Å². The van der Waals surface area contributed by atoms with Crippen LogP contribution in [-0.2, 0) is 0 Å². The number of hydrogen-bond donors (Lipinski definition) is 2. The van der Waals surface area contributed by atoms with Gasteiger partial charge in [-0.25, -0.2) is 0 Å². The highest BCUT2D eigenvalue weighted by Crippen LogP contribution is 2.21. The molecule has 158 valence electrons. The van der Waals surface area contributed by atoms with Crippen molar-refractivity contribution in [3.63, 3.8) is 0 Å². The Kier molecular flexibility index (Phi) is 6.18. The maximum Gasteiger partial charge on any atom is 0.255 e. The molecule has 3 aromatic carbocycles. The van der Waals surface area contributed by atoms with E-state index in [0.29, 0.717) is 23.7 Å². The van der Waals surface area contributed by atoms with Gasteiger partial charge in [0.15, 0.2) is 5.82 Å². The molecule has 0 spiro atoms. The summed E-state index contributed by atoms with van der Waals surface area (Å²) in [6.07, 6.45) is 0. The maximum absolute atomic E-state index is 12.6. The van der Waals surface area contributed by atoms with E-state index in [1.807, 2.05) is 85.8 Å². The standard InChI is InChI=1S/C25H22N4O2.2H2/c1-2-31-22-13-11-20(12-14-22)27-25(30)19-9-6-10-21(17-19)26-24-16-15-23(28-29-24)18-7-4-3-5-8-18;;/h3-17H,2H2,1H3,(H,26,29)(H,27,30);2*1H. The van der Waals surface area contributed by atoms with Crippen molar-refractivity contribution < 1.29 is 12.4 Å². The Bertz CT molecular complexity index is 1160. The molecule has 0 bridgehead atoms. The van der Waals surface area contributed by atoms with E-state index in [4.69, 9.17) is 4.74 Å². The summed E-state index contributed by atoms with van der Waals surface area (Å²) in [6.45, 7) is 2.53. The summed E-state index contributed by atoms with van der Waals surface area (Å²) in [4.78, 5) is 12.6. The van der Waals surface area contributed by atoms with Gasteiger partial charge in [-0.2, -0.15) is 0 Å². The number of aromatic nitrogens is 2. The Morgan fingerprint density at radius 2 is 1.68 bits per heavy atom. The molecule has 2 N–H and O–H groups in total. The Hall–Kier alpha value is -4.19. The number of amides is 1. The Labute approximate surface area is 183 Å². The van der Waals surface area contributed by atoms with Gasteiger partial charge in [-0.05, 0) is 61.5 Å². The highest BCUT2D eigenvalue weighted by molar-refractivity contribution is 6.04. The normalized spacial score (nSPS) is 10.4. The molecule has 0 aliphatic rings. The molecule has 0 saturated heterocycles. The highest BCUT2D eigenvalue weighted by Gasteiger charge is 2.08. The molecule has 6 heteroatoms. The monoisotopic (exact) mass is 414 g/mol. The van der Waals surface area contributed by atoms with E-state index in [1.165, 1.54) is 0 Å². The molecule has 0 saturated carbocycles. The highest BCUT2D eigenvalue weighted by atomic mass is 16.5. The minimum Gasteiger partial charge on any atom is -0.494 e. The molecule has 1 heterocycles. The molecular formula is C25H26N4O2. The molecule has 6 nitrogen and oxygen atoms in total. The first-order valence-corrected chi connectivity index (χ1v) is 10.0. The van der Waals surface area contributed by atoms with E-state index in [0.717, 1.165) is 22.7 Å². The van der Waals surface area contributed by atoms with Crippen LogP contribution in [0.4, 0.5) is 17.2 Å². The lowest BCUT2D eigenvalue weighted by Gasteiger charge is -2.09. The van der Waals surface area contributed by atoms with Crippen molar-refractivity contribution in [3.8, 4) is 17.0 Å². The van der Waals surface area contributed by atoms with E-state index >= 15 is 0 Å². The van der Waals surface area contributed by atoms with E-state index < -0.39 is 0 Å². The summed E-state index contributed by atoms with van der Waals surface area (Å²) >= 11 is 0. The molecule has 4 rings (SSSR count). The van der Waals surface area contributed by atoms with Gasteiger partial charge in [0.1, 0.15) is 5.75 Å². The Morgan fingerprint density at radius 1 is 0.871 bits per heavy atom. The predicted octanol–water partition coefficient (Wildman–Crippen LogP) is 6.03. The van der Waals surface area contributed by atoms with Crippen molar-refractivity contribution in [2.24, 2.45) is 0 Å². The SMILES string of the molecule is CCOc1ccc(NC(=O)c2cccc(Nc3ccc(-c4ccccc4)nn3)c2)cc1.[HH].[HH]. The first-order valence-electron chi connectivity index (χ1n) is 10.0. The summed E-state index contributed by atoms with van der Waals surface area (Å²) in [5.74, 6) is 1.17. The average molecular weight is 415 g/mol. The first-order chi connectivity index (χ1) is 15.2. The number of carbonyl (C=O) groups excluding carboxylic acids is 1. The smallest absolute Gasteiger partial charge is 0.255 e. The molecule has 0 fully saturated rings. The van der Waals surface area contributed by atoms with Crippen LogP contribution in [0.2, 0.25) is 0 Å². The van der Waals surface area contributed by atoms with Gasteiger partial charge in [-0.1, -0.05) is 36.4 Å². The third kappa shape index (κ3) is 5.25. The second-order valence-electron chi connectivity index (χ2n) is 6.79. The van der Waals surface area contributed by atoms with Crippen LogP contribution < -0.4 is 15.4 Å². The lowest BCUT2D eigenvalue weighted by molar-refractivity contribution is 0.102. The van der Waals surface area contributed by atoms with Gasteiger partial charge in [0.05, 0.1) is 12.3 Å². The molecule has 1 amide bonds. The van der Waals surface area contributed by atoms with Crippen LogP contribution in [0.3, 0.4) is 0 Å². The quantitative estimate of drug-likeness (QED) is 0.386. The van der Waals surface area contributed by atoms with E-state index in [-0.39, 0.29) is 8.76 Å². The number of carbonyl (C=O) groups is 1. The molecule has 31 heavy (non-hydrogen) atoms. The summed E-state index contributed by atoms with van der Waals surface area (Å²) in [7, 11) is 0. The third-order valence-electron chi connectivity index (χ3n) is 4.55. The number of ether oxygens (including phenoxy) is 1. The minimum atomic E-state index is -0.196. The number of anilines is 3. The summed E-state index contributed by atoms with van der Waals surface area (Å²) in [5.41, 5.74) is 3.80. The van der Waals surface area contributed by atoms with Crippen LogP contribution >= 0.6 is 0 Å². The average Bonchev–Trinajstić information content (AvgIpc) is 2.82. The second-order valence-corrected chi connectivity index (χ2v) is 6.79. The van der Waals surface area contributed by atoms with Crippen LogP contribution in [-0.4, -0.2) is 22.7 Å². The number of nitrogens with one attached hydrogen (secondary N) is 2. The molecule has 0 radical (unpaired) electrons. The molecular weight excluding hydrogens is 388 g/mol. The van der Waals surface area contributed by atoms with E-state index in [9.17, 15) is 4.79 Å². The van der Waals surface area contributed by atoms with E-state index in [1.54, 1.807) is 12.1 Å². The maximum atomic E-state index is 12.6. The Morgan fingerprint density at radius 3 is 2.39 bits per heavy atom. The zero-order valence-corrected chi connectivity index (χ0v) is 17.1. The summed E-state index contributed by atoms with van der Waals surface area (Å²) in [6, 6.07) is 28.2. The van der Waals surface area contributed by atoms with Crippen LogP contribution in [0.25, 0.3) is 11.3 Å². The van der Waals surface area contributed by atoms with Crippen molar-refractivity contribution >= 4 is 23.1 Å². The summed E-state index contributed by atoms with van der Waals surface area (Å²) in [5, 5.41) is 14.6. The van der Waals surface area contributed by atoms with Crippen molar-refractivity contribution in [1.29, 1.82) is 0 Å². The lowest BCUT2D eigenvalue weighted by atomic mass is 10.1. The van der Waals surface area contributed by atoms with Crippen molar-refractivity contribution in [2.45, 2.75) is 6.92 Å². The molecule has 1 aromatic heterocycles. The second kappa shape index (κ2) is 9.54.